The predicted molar refractivity (Wildman–Crippen MR) is 144 cm³/mol. The molecule has 4 N–H and O–H groups in total. The largest absolute Gasteiger partial charge is 0.352 e. The third kappa shape index (κ3) is 3.67. The molecular formula is C26H21N9OS. The van der Waals surface area contributed by atoms with E-state index in [1.807, 2.05) is 24.3 Å². The first-order valence-corrected chi connectivity index (χ1v) is 12.6. The topological polar surface area (TPSA) is 142 Å². The number of nitrogens with two attached hydrogens (primary N) is 1. The Kier molecular flexibility index (Phi) is 4.88. The lowest BCUT2D eigenvalue weighted by atomic mass is 10.1. The highest BCUT2D eigenvalue weighted by atomic mass is 32.1. The number of ketones is 1. The zero-order valence-electron chi connectivity index (χ0n) is 19.8. The molecule has 0 bridgehead atoms. The second-order valence-corrected chi connectivity index (χ2v) is 10.2. The van der Waals surface area contributed by atoms with E-state index in [4.69, 9.17) is 10.7 Å². The summed E-state index contributed by atoms with van der Waals surface area (Å²) < 4.78 is 0. The van der Waals surface area contributed by atoms with Crippen molar-refractivity contribution in [3.8, 4) is 33.1 Å². The molecule has 10 nitrogen and oxygen atoms in total. The van der Waals surface area contributed by atoms with E-state index in [1.54, 1.807) is 31.7 Å². The minimum absolute atomic E-state index is 0.0622. The SMILES string of the molecule is CC(=O)c1ccc(-c2ccnc3[nH]c(-c4[nH]nc5ncc(-c6cncc(N7CC(N)C7)n6)cc45)cc23)s1. The van der Waals surface area contributed by atoms with Crippen molar-refractivity contribution in [2.45, 2.75) is 13.0 Å². The molecule has 0 radical (unpaired) electrons. The average molecular weight is 508 g/mol. The Balaban J connectivity index is 1.29. The van der Waals surface area contributed by atoms with Gasteiger partial charge in [0.05, 0.1) is 34.4 Å². The number of hydrogen-bond donors (Lipinski definition) is 3. The molecule has 6 aromatic heterocycles. The highest BCUT2D eigenvalue weighted by molar-refractivity contribution is 7.17. The molecule has 1 saturated heterocycles. The van der Waals surface area contributed by atoms with Crippen LogP contribution in [0.4, 0.5) is 5.82 Å². The van der Waals surface area contributed by atoms with E-state index in [0.717, 1.165) is 73.3 Å². The van der Waals surface area contributed by atoms with Crippen LogP contribution in [0.15, 0.2) is 55.1 Å². The van der Waals surface area contributed by atoms with Crippen LogP contribution in [0.3, 0.4) is 0 Å². The number of aromatic nitrogens is 7. The fourth-order valence-electron chi connectivity index (χ4n) is 4.64. The van der Waals surface area contributed by atoms with Crippen LogP contribution in [-0.2, 0) is 0 Å². The van der Waals surface area contributed by atoms with Crippen molar-refractivity contribution in [1.82, 2.24) is 35.1 Å². The highest BCUT2D eigenvalue weighted by Gasteiger charge is 2.25. The molecule has 1 aliphatic rings. The number of nitrogens with zero attached hydrogens (tertiary/aromatic N) is 6. The molecule has 0 atom stereocenters. The normalized spacial score (nSPS) is 13.9. The number of carbonyl (C=O) groups excluding carboxylic acids is 1. The van der Waals surface area contributed by atoms with Crippen molar-refractivity contribution in [2.75, 3.05) is 18.0 Å². The molecule has 6 aromatic rings. The first-order chi connectivity index (χ1) is 18.0. The second-order valence-electron chi connectivity index (χ2n) is 9.15. The number of H-pyrrole nitrogens is 2. The van der Waals surface area contributed by atoms with Gasteiger partial charge in [-0.3, -0.25) is 14.9 Å². The Morgan fingerprint density at radius 1 is 1.11 bits per heavy atom. The van der Waals surface area contributed by atoms with Gasteiger partial charge in [0.2, 0.25) is 0 Å². The van der Waals surface area contributed by atoms with Gasteiger partial charge in [-0.15, -0.1) is 11.3 Å². The molecular weight excluding hydrogens is 486 g/mol. The van der Waals surface area contributed by atoms with Gasteiger partial charge in [0, 0.05) is 58.3 Å². The first-order valence-electron chi connectivity index (χ1n) is 11.8. The van der Waals surface area contributed by atoms with Gasteiger partial charge in [-0.2, -0.15) is 5.10 Å². The Hall–Kier alpha value is -4.48. The Labute approximate surface area is 214 Å². The van der Waals surface area contributed by atoms with Crippen LogP contribution in [0.2, 0.25) is 0 Å². The van der Waals surface area contributed by atoms with E-state index < -0.39 is 0 Å². The van der Waals surface area contributed by atoms with Crippen LogP contribution in [0.5, 0.6) is 0 Å². The van der Waals surface area contributed by atoms with Gasteiger partial charge in [-0.1, -0.05) is 0 Å². The van der Waals surface area contributed by atoms with Crippen molar-refractivity contribution in [3.63, 3.8) is 0 Å². The molecule has 182 valence electrons. The Morgan fingerprint density at radius 3 is 2.81 bits per heavy atom. The molecule has 0 amide bonds. The molecule has 0 aromatic carbocycles. The maximum atomic E-state index is 11.8. The summed E-state index contributed by atoms with van der Waals surface area (Å²) >= 11 is 1.48. The maximum Gasteiger partial charge on any atom is 0.181 e. The Morgan fingerprint density at radius 2 is 2.00 bits per heavy atom. The number of Topliss-reactive ketones (excluding diaryl/α,β-unsaturated/α-hetero) is 1. The van der Waals surface area contributed by atoms with Gasteiger partial charge in [0.25, 0.3) is 0 Å². The van der Waals surface area contributed by atoms with Crippen LogP contribution in [0.25, 0.3) is 55.2 Å². The van der Waals surface area contributed by atoms with Crippen LogP contribution < -0.4 is 10.6 Å². The fraction of sp³-hybridized carbons (Fsp3) is 0.154. The molecule has 7 heterocycles. The molecule has 0 aliphatic carbocycles. The standard InChI is InChI=1S/C26H21N9OS/c1-13(36)21-2-3-22(37-21)16-4-5-29-25-17(16)7-19(32-25)24-18-6-14(8-30-26(18)34-33-24)20-9-28-10-23(31-20)35-11-15(27)12-35/h2-10,15H,11-12,27H2,1H3,(H,29,32)(H,30,33,34). The third-order valence-corrected chi connectivity index (χ3v) is 7.80. The van der Waals surface area contributed by atoms with E-state index in [9.17, 15) is 4.79 Å². The number of rotatable bonds is 5. The molecule has 7 rings (SSSR count). The lowest BCUT2D eigenvalue weighted by Crippen LogP contribution is -2.56. The van der Waals surface area contributed by atoms with Crippen molar-refractivity contribution >= 4 is 45.0 Å². The average Bonchev–Trinajstić information content (AvgIpc) is 3.64. The van der Waals surface area contributed by atoms with Gasteiger partial charge >= 0.3 is 0 Å². The van der Waals surface area contributed by atoms with Gasteiger partial charge in [-0.05, 0) is 37.3 Å². The number of thiophene rings is 1. The van der Waals surface area contributed by atoms with E-state index in [0.29, 0.717) is 5.65 Å². The Bertz CT molecular complexity index is 1810. The summed E-state index contributed by atoms with van der Waals surface area (Å²) in [6.45, 7) is 3.14. The molecule has 11 heteroatoms. The van der Waals surface area contributed by atoms with Crippen LogP contribution in [-0.4, -0.2) is 60.0 Å². The number of pyridine rings is 2. The van der Waals surface area contributed by atoms with Gasteiger partial charge in [0.1, 0.15) is 11.5 Å². The number of hydrogen-bond acceptors (Lipinski definition) is 9. The van der Waals surface area contributed by atoms with E-state index >= 15 is 0 Å². The number of anilines is 1. The van der Waals surface area contributed by atoms with Crippen molar-refractivity contribution in [3.05, 3.63) is 60.0 Å². The smallest absolute Gasteiger partial charge is 0.181 e. The minimum Gasteiger partial charge on any atom is -0.352 e. The summed E-state index contributed by atoms with van der Waals surface area (Å²) in [6.07, 6.45) is 7.03. The first kappa shape index (κ1) is 21.8. The number of aromatic amines is 2. The van der Waals surface area contributed by atoms with Gasteiger partial charge in [0.15, 0.2) is 11.4 Å². The summed E-state index contributed by atoms with van der Waals surface area (Å²) in [6, 6.07) is 10.1. The fourth-order valence-corrected chi connectivity index (χ4v) is 5.58. The quantitative estimate of drug-likeness (QED) is 0.297. The van der Waals surface area contributed by atoms with Crippen LogP contribution in [0.1, 0.15) is 16.6 Å². The zero-order valence-corrected chi connectivity index (χ0v) is 20.6. The van der Waals surface area contributed by atoms with Crippen molar-refractivity contribution in [2.24, 2.45) is 5.73 Å². The predicted octanol–water partition coefficient (Wildman–Crippen LogP) is 4.04. The summed E-state index contributed by atoms with van der Waals surface area (Å²) in [7, 11) is 0. The number of fused-ring (bicyclic) bond motifs is 2. The molecule has 1 fully saturated rings. The third-order valence-electron chi connectivity index (χ3n) is 6.58. The number of nitrogens with one attached hydrogen (secondary N) is 2. The molecule has 0 unspecified atom stereocenters. The highest BCUT2D eigenvalue weighted by Crippen LogP contribution is 2.36. The lowest BCUT2D eigenvalue weighted by Gasteiger charge is -2.37. The van der Waals surface area contributed by atoms with Crippen molar-refractivity contribution < 1.29 is 4.79 Å². The molecule has 0 saturated carbocycles. The lowest BCUT2D eigenvalue weighted by molar-refractivity contribution is 0.102. The summed E-state index contributed by atoms with van der Waals surface area (Å²) in [4.78, 5) is 37.3. The van der Waals surface area contributed by atoms with Crippen LogP contribution >= 0.6 is 11.3 Å². The number of carbonyl (C=O) groups is 1. The van der Waals surface area contributed by atoms with Gasteiger partial charge < -0.3 is 15.6 Å². The maximum absolute atomic E-state index is 11.8. The van der Waals surface area contributed by atoms with E-state index in [2.05, 4.69) is 41.1 Å². The monoisotopic (exact) mass is 507 g/mol. The van der Waals surface area contributed by atoms with Crippen molar-refractivity contribution in [1.29, 1.82) is 0 Å². The summed E-state index contributed by atoms with van der Waals surface area (Å²) in [5.74, 6) is 0.870. The molecule has 0 spiro atoms. The zero-order chi connectivity index (χ0) is 25.1. The van der Waals surface area contributed by atoms with E-state index in [1.165, 1.54) is 11.3 Å². The minimum atomic E-state index is 0.0622. The van der Waals surface area contributed by atoms with Gasteiger partial charge in [-0.25, -0.2) is 15.0 Å². The second kappa shape index (κ2) is 8.29. The summed E-state index contributed by atoms with van der Waals surface area (Å²) in [5, 5.41) is 9.36. The van der Waals surface area contributed by atoms with Crippen LogP contribution in [0, 0.1) is 0 Å². The molecule has 37 heavy (non-hydrogen) atoms. The molecule has 1 aliphatic heterocycles. The van der Waals surface area contributed by atoms with E-state index in [-0.39, 0.29) is 11.8 Å². The summed E-state index contributed by atoms with van der Waals surface area (Å²) in [5.41, 5.74) is 11.5.